The Bertz CT molecular complexity index is 1230. The maximum atomic E-state index is 12.8. The van der Waals surface area contributed by atoms with Gasteiger partial charge in [-0.1, -0.05) is 10.4 Å². The molecule has 12 nitrogen and oxygen atoms in total. The van der Waals surface area contributed by atoms with Crippen molar-refractivity contribution in [1.29, 1.82) is 0 Å². The van der Waals surface area contributed by atoms with Gasteiger partial charge < -0.3 is 0 Å². The number of fused-ring (bicyclic) bond motifs is 2. The number of hydrogen-bond donors (Lipinski definition) is 0. The fourth-order valence-electron chi connectivity index (χ4n) is 2.73. The highest BCUT2D eigenvalue weighted by atomic mass is 19.1. The van der Waals surface area contributed by atoms with E-state index in [4.69, 9.17) is 0 Å². The molecule has 0 aliphatic rings. The van der Waals surface area contributed by atoms with E-state index in [9.17, 15) is 14.0 Å². The van der Waals surface area contributed by atoms with E-state index in [1.165, 1.54) is 27.9 Å². The topological polar surface area (TPSA) is 139 Å². The lowest BCUT2D eigenvalue weighted by Crippen LogP contribution is -2.30. The van der Waals surface area contributed by atoms with Crippen LogP contribution in [0.5, 0.6) is 0 Å². The van der Waals surface area contributed by atoms with Gasteiger partial charge in [0.15, 0.2) is 6.33 Å². The van der Waals surface area contributed by atoms with Gasteiger partial charge in [-0.2, -0.15) is 4.80 Å². The molecule has 0 fully saturated rings. The summed E-state index contributed by atoms with van der Waals surface area (Å²) in [5.74, 6) is 0. The van der Waals surface area contributed by atoms with Crippen molar-refractivity contribution in [2.45, 2.75) is 26.1 Å². The van der Waals surface area contributed by atoms with Crippen molar-refractivity contribution in [2.24, 2.45) is 0 Å². The maximum Gasteiger partial charge on any atom is 0.277 e. The molecule has 0 radical (unpaired) electrons. The molecule has 0 amide bonds. The van der Waals surface area contributed by atoms with Crippen LogP contribution in [-0.2, 0) is 13.1 Å². The zero-order chi connectivity index (χ0) is 19.0. The summed E-state index contributed by atoms with van der Waals surface area (Å²) in [6.07, 6.45) is 1.29. The van der Waals surface area contributed by atoms with Crippen LogP contribution < -0.4 is 11.1 Å². The van der Waals surface area contributed by atoms with Crippen LogP contribution in [0.25, 0.3) is 21.8 Å². The Morgan fingerprint density at radius 2 is 1.74 bits per heavy atom. The fourth-order valence-corrected chi connectivity index (χ4v) is 2.73. The number of hydrogen-bond acceptors (Lipinski definition) is 9. The molecule has 0 aliphatic heterocycles. The number of tetrazole rings is 1. The molecule has 138 valence electrons. The molecule has 0 bridgehead atoms. The molecule has 4 rings (SSSR count). The fraction of sp³-hybridized carbons (Fsp3) is 0.357. The molecule has 0 aliphatic carbocycles. The van der Waals surface area contributed by atoms with Crippen molar-refractivity contribution in [2.75, 3.05) is 6.67 Å². The Hall–Kier alpha value is -3.64. The van der Waals surface area contributed by atoms with E-state index in [1.54, 1.807) is 6.92 Å². The minimum Gasteiger partial charge on any atom is -0.267 e. The third kappa shape index (κ3) is 2.92. The molecule has 0 saturated carbocycles. The summed E-state index contributed by atoms with van der Waals surface area (Å²) in [6, 6.07) is 2.47. The van der Waals surface area contributed by atoms with Crippen LogP contribution >= 0.6 is 0 Å². The van der Waals surface area contributed by atoms with Crippen molar-refractivity contribution in [3.05, 3.63) is 39.2 Å². The number of alkyl halides is 1. The van der Waals surface area contributed by atoms with Crippen molar-refractivity contribution >= 4 is 21.8 Å². The summed E-state index contributed by atoms with van der Waals surface area (Å²) in [6.45, 7) is 1.11. The minimum absolute atomic E-state index is 0.192. The van der Waals surface area contributed by atoms with E-state index < -0.39 is 17.8 Å². The molecular formula is C14H13FN10O2. The summed E-state index contributed by atoms with van der Waals surface area (Å²) in [7, 11) is 0. The predicted molar refractivity (Wildman–Crippen MR) is 89.7 cm³/mol. The minimum atomic E-state index is -0.739. The van der Waals surface area contributed by atoms with Crippen molar-refractivity contribution in [1.82, 2.24) is 50.2 Å². The van der Waals surface area contributed by atoms with E-state index in [2.05, 4.69) is 36.0 Å². The zero-order valence-electron chi connectivity index (χ0n) is 14.1. The third-order valence-electron chi connectivity index (χ3n) is 4.06. The second kappa shape index (κ2) is 6.59. The van der Waals surface area contributed by atoms with Crippen LogP contribution in [0.4, 0.5) is 4.39 Å². The quantitative estimate of drug-likeness (QED) is 0.408. The molecule has 0 saturated heterocycles. The largest absolute Gasteiger partial charge is 0.277 e. The summed E-state index contributed by atoms with van der Waals surface area (Å²) >= 11 is 0. The smallest absolute Gasteiger partial charge is 0.267 e. The van der Waals surface area contributed by atoms with Crippen LogP contribution in [-0.4, -0.2) is 56.9 Å². The monoisotopic (exact) mass is 372 g/mol. The van der Waals surface area contributed by atoms with E-state index in [0.29, 0.717) is 0 Å². The van der Waals surface area contributed by atoms with Gasteiger partial charge >= 0.3 is 0 Å². The highest BCUT2D eigenvalue weighted by Crippen LogP contribution is 2.14. The number of aromatic nitrogens is 10. The van der Waals surface area contributed by atoms with E-state index >= 15 is 0 Å². The zero-order valence-corrected chi connectivity index (χ0v) is 14.1. The van der Waals surface area contributed by atoms with Crippen molar-refractivity contribution in [3.63, 3.8) is 0 Å². The molecule has 0 N–H and O–H groups in total. The molecule has 0 spiro atoms. The first-order valence-electron chi connectivity index (χ1n) is 8.02. The molecular weight excluding hydrogens is 359 g/mol. The van der Waals surface area contributed by atoms with Gasteiger partial charge in [0, 0.05) is 0 Å². The van der Waals surface area contributed by atoms with Gasteiger partial charge in [-0.3, -0.25) is 9.59 Å². The molecule has 4 aromatic rings. The average molecular weight is 372 g/mol. The van der Waals surface area contributed by atoms with Crippen LogP contribution in [0.15, 0.2) is 28.0 Å². The first-order chi connectivity index (χ1) is 13.1. The molecule has 1 unspecified atom stereocenters. The van der Waals surface area contributed by atoms with Crippen LogP contribution in [0, 0.1) is 0 Å². The average Bonchev–Trinajstić information content (AvgIpc) is 3.17. The van der Waals surface area contributed by atoms with Gasteiger partial charge in [0.05, 0.1) is 29.9 Å². The first-order valence-corrected chi connectivity index (χ1v) is 8.02. The Balaban J connectivity index is 1.83. The Morgan fingerprint density at radius 3 is 2.41 bits per heavy atom. The second-order valence-electron chi connectivity index (χ2n) is 5.87. The van der Waals surface area contributed by atoms with Gasteiger partial charge in [0.25, 0.3) is 11.1 Å². The van der Waals surface area contributed by atoms with Crippen LogP contribution in [0.3, 0.4) is 0 Å². The predicted octanol–water partition coefficient (Wildman–Crippen LogP) is -0.886. The summed E-state index contributed by atoms with van der Waals surface area (Å²) in [5.41, 5.74) is -0.433. The normalized spacial score (nSPS) is 12.7. The lowest BCUT2D eigenvalue weighted by atomic mass is 10.2. The van der Waals surface area contributed by atoms with Gasteiger partial charge in [-0.05, 0) is 24.3 Å². The molecule has 1 aromatic carbocycles. The van der Waals surface area contributed by atoms with Crippen LogP contribution in [0.2, 0.25) is 0 Å². The van der Waals surface area contributed by atoms with Crippen molar-refractivity contribution in [3.8, 4) is 0 Å². The summed E-state index contributed by atoms with van der Waals surface area (Å²) in [5, 5.41) is 27.3. The third-order valence-corrected chi connectivity index (χ3v) is 4.06. The number of rotatable bonds is 5. The van der Waals surface area contributed by atoms with E-state index in [0.717, 1.165) is 4.68 Å². The highest BCUT2D eigenvalue weighted by Gasteiger charge is 2.16. The van der Waals surface area contributed by atoms with Crippen molar-refractivity contribution < 1.29 is 4.39 Å². The summed E-state index contributed by atoms with van der Waals surface area (Å²) in [4.78, 5) is 26.5. The molecule has 3 heterocycles. The Labute approximate surface area is 149 Å². The SMILES string of the molecule is CC(Cn1ncnn1)n1nnc2cc3c(=O)n(CCF)nnc3cc2c1=O. The van der Waals surface area contributed by atoms with Gasteiger partial charge in [0.1, 0.15) is 17.7 Å². The second-order valence-corrected chi connectivity index (χ2v) is 5.87. The number of halogens is 1. The molecule has 13 heteroatoms. The molecule has 3 aromatic heterocycles. The van der Waals surface area contributed by atoms with E-state index in [-0.39, 0.29) is 40.9 Å². The lowest BCUT2D eigenvalue weighted by Gasteiger charge is -2.12. The van der Waals surface area contributed by atoms with Gasteiger partial charge in [-0.25, -0.2) is 13.8 Å². The first kappa shape index (κ1) is 16.8. The molecule has 27 heavy (non-hydrogen) atoms. The number of benzene rings is 1. The highest BCUT2D eigenvalue weighted by molar-refractivity contribution is 5.93. The molecule has 1 atom stereocenters. The Morgan fingerprint density at radius 1 is 1.04 bits per heavy atom. The lowest BCUT2D eigenvalue weighted by molar-refractivity contribution is 0.354. The standard InChI is InChI=1S/C14H13FN10O2/c1-8(6-24-17-7-16-20-24)25-14(27)10-5-11-9(4-12(10)19-22-25)13(26)23(3-2-15)21-18-11/h4-5,7-8H,2-3,6H2,1H3. The summed E-state index contributed by atoms with van der Waals surface area (Å²) < 4.78 is 14.6. The maximum absolute atomic E-state index is 12.8. The number of nitrogens with zero attached hydrogens (tertiary/aromatic N) is 10. The van der Waals surface area contributed by atoms with E-state index in [1.807, 2.05) is 0 Å². The van der Waals surface area contributed by atoms with Gasteiger partial charge in [0.2, 0.25) is 0 Å². The van der Waals surface area contributed by atoms with Gasteiger partial charge in [-0.15, -0.1) is 20.4 Å². The Kier molecular flexibility index (Phi) is 4.10. The number of aryl methyl sites for hydroxylation is 1. The van der Waals surface area contributed by atoms with Crippen LogP contribution in [0.1, 0.15) is 13.0 Å².